The maximum absolute atomic E-state index is 6.01. The highest BCUT2D eigenvalue weighted by Gasteiger charge is 2.23. The van der Waals surface area contributed by atoms with Gasteiger partial charge in [0.15, 0.2) is 0 Å². The Balaban J connectivity index is 2.08. The first-order chi connectivity index (χ1) is 7.70. The molecule has 2 heterocycles. The van der Waals surface area contributed by atoms with Gasteiger partial charge in [-0.05, 0) is 31.0 Å². The van der Waals surface area contributed by atoms with Gasteiger partial charge in [-0.25, -0.2) is 9.97 Å². The number of nitrogens with zero attached hydrogens (tertiary/aromatic N) is 3. The Hall–Kier alpha value is -0.420. The summed E-state index contributed by atoms with van der Waals surface area (Å²) in [6.07, 6.45) is 4.03. The highest BCUT2D eigenvalue weighted by Crippen LogP contribution is 2.22. The van der Waals surface area contributed by atoms with Crippen molar-refractivity contribution in [1.82, 2.24) is 14.9 Å². The van der Waals surface area contributed by atoms with E-state index in [2.05, 4.69) is 14.9 Å². The molecule has 1 aromatic heterocycles. The second-order valence-corrected chi connectivity index (χ2v) is 4.65. The SMILES string of the molecule is NC[C@@H]1CCCN1Cc1cnc(Cl)nc1Cl. The molecule has 1 atom stereocenters. The van der Waals surface area contributed by atoms with Crippen LogP contribution in [0.3, 0.4) is 0 Å². The second-order valence-electron chi connectivity index (χ2n) is 3.96. The number of hydrogen-bond acceptors (Lipinski definition) is 4. The molecule has 4 nitrogen and oxygen atoms in total. The molecule has 1 saturated heterocycles. The molecule has 0 saturated carbocycles. The molecule has 1 aliphatic rings. The molecule has 1 aromatic rings. The first kappa shape index (κ1) is 12.0. The number of rotatable bonds is 3. The van der Waals surface area contributed by atoms with E-state index in [-0.39, 0.29) is 5.28 Å². The van der Waals surface area contributed by atoms with Crippen molar-refractivity contribution in [3.8, 4) is 0 Å². The van der Waals surface area contributed by atoms with Crippen LogP contribution in [0.2, 0.25) is 10.4 Å². The lowest BCUT2D eigenvalue weighted by Crippen LogP contribution is -2.35. The predicted octanol–water partition coefficient (Wildman–Crippen LogP) is 1.71. The molecule has 2 N–H and O–H groups in total. The Morgan fingerprint density at radius 3 is 3.00 bits per heavy atom. The fourth-order valence-corrected chi connectivity index (χ4v) is 2.43. The molecule has 16 heavy (non-hydrogen) atoms. The van der Waals surface area contributed by atoms with E-state index in [0.717, 1.165) is 25.1 Å². The van der Waals surface area contributed by atoms with Crippen LogP contribution in [0.15, 0.2) is 6.20 Å². The predicted molar refractivity (Wildman–Crippen MR) is 64.5 cm³/mol. The summed E-state index contributed by atoms with van der Waals surface area (Å²) in [4.78, 5) is 10.2. The van der Waals surface area contributed by atoms with Crippen LogP contribution in [-0.4, -0.2) is 34.0 Å². The first-order valence-corrected chi connectivity index (χ1v) is 6.07. The summed E-state index contributed by atoms with van der Waals surface area (Å²) in [5, 5.41) is 0.619. The van der Waals surface area contributed by atoms with E-state index in [1.54, 1.807) is 6.20 Å². The minimum absolute atomic E-state index is 0.186. The van der Waals surface area contributed by atoms with Crippen LogP contribution >= 0.6 is 23.2 Å². The lowest BCUT2D eigenvalue weighted by Gasteiger charge is -2.23. The normalized spacial score (nSPS) is 21.6. The van der Waals surface area contributed by atoms with Crippen molar-refractivity contribution >= 4 is 23.2 Å². The Labute approximate surface area is 105 Å². The van der Waals surface area contributed by atoms with Crippen LogP contribution in [-0.2, 0) is 6.54 Å². The number of halogens is 2. The van der Waals surface area contributed by atoms with Crippen molar-refractivity contribution < 1.29 is 0 Å². The number of likely N-dealkylation sites (tertiary alicyclic amines) is 1. The summed E-state index contributed by atoms with van der Waals surface area (Å²) in [6, 6.07) is 0.451. The first-order valence-electron chi connectivity index (χ1n) is 5.31. The third-order valence-corrected chi connectivity index (χ3v) is 3.44. The lowest BCUT2D eigenvalue weighted by molar-refractivity contribution is 0.250. The maximum Gasteiger partial charge on any atom is 0.223 e. The van der Waals surface area contributed by atoms with Gasteiger partial charge in [-0.1, -0.05) is 11.6 Å². The Kier molecular flexibility index (Phi) is 3.97. The van der Waals surface area contributed by atoms with Gasteiger partial charge in [0.2, 0.25) is 5.28 Å². The second kappa shape index (κ2) is 5.27. The highest BCUT2D eigenvalue weighted by atomic mass is 35.5. The molecule has 0 unspecified atom stereocenters. The monoisotopic (exact) mass is 260 g/mol. The molecule has 0 radical (unpaired) electrons. The average molecular weight is 261 g/mol. The van der Waals surface area contributed by atoms with Crippen molar-refractivity contribution in [3.63, 3.8) is 0 Å². The number of aromatic nitrogens is 2. The van der Waals surface area contributed by atoms with E-state index in [0.29, 0.717) is 17.7 Å². The summed E-state index contributed by atoms with van der Waals surface area (Å²) < 4.78 is 0. The molecular formula is C10H14Cl2N4. The van der Waals surface area contributed by atoms with Gasteiger partial charge in [-0.3, -0.25) is 4.90 Å². The van der Waals surface area contributed by atoms with Crippen LogP contribution in [0, 0.1) is 0 Å². The molecule has 0 aromatic carbocycles. The standard InChI is InChI=1S/C10H14Cl2N4/c11-9-7(5-14-10(12)15-9)6-16-3-1-2-8(16)4-13/h5,8H,1-4,6,13H2/t8-/m0/s1. The molecular weight excluding hydrogens is 247 g/mol. The molecule has 0 spiro atoms. The van der Waals surface area contributed by atoms with Gasteiger partial charge in [0, 0.05) is 30.9 Å². The molecule has 0 amide bonds. The molecule has 1 fully saturated rings. The Morgan fingerprint density at radius 2 is 2.31 bits per heavy atom. The Morgan fingerprint density at radius 1 is 1.50 bits per heavy atom. The molecule has 2 rings (SSSR count). The van der Waals surface area contributed by atoms with Crippen molar-refractivity contribution in [2.24, 2.45) is 5.73 Å². The number of hydrogen-bond donors (Lipinski definition) is 1. The van der Waals surface area contributed by atoms with Crippen LogP contribution in [0.1, 0.15) is 18.4 Å². The average Bonchev–Trinajstić information content (AvgIpc) is 2.69. The fraction of sp³-hybridized carbons (Fsp3) is 0.600. The van der Waals surface area contributed by atoms with Crippen molar-refractivity contribution in [2.75, 3.05) is 13.1 Å². The van der Waals surface area contributed by atoms with Gasteiger partial charge in [-0.2, -0.15) is 0 Å². The summed E-state index contributed by atoms with van der Waals surface area (Å²) in [7, 11) is 0. The zero-order valence-corrected chi connectivity index (χ0v) is 10.4. The van der Waals surface area contributed by atoms with Gasteiger partial charge in [0.1, 0.15) is 5.15 Å². The number of nitrogens with two attached hydrogens (primary N) is 1. The fourth-order valence-electron chi connectivity index (χ4n) is 2.06. The van der Waals surface area contributed by atoms with Crippen LogP contribution < -0.4 is 5.73 Å². The minimum atomic E-state index is 0.186. The van der Waals surface area contributed by atoms with E-state index in [4.69, 9.17) is 28.9 Å². The maximum atomic E-state index is 6.01. The summed E-state index contributed by atoms with van der Waals surface area (Å²) >= 11 is 11.7. The molecule has 0 bridgehead atoms. The van der Waals surface area contributed by atoms with E-state index in [1.807, 2.05) is 0 Å². The molecule has 0 aliphatic carbocycles. The molecule has 6 heteroatoms. The van der Waals surface area contributed by atoms with Crippen LogP contribution in [0.5, 0.6) is 0 Å². The molecule has 88 valence electrons. The van der Waals surface area contributed by atoms with Crippen molar-refractivity contribution in [2.45, 2.75) is 25.4 Å². The third-order valence-electron chi connectivity index (χ3n) is 2.93. The zero-order valence-electron chi connectivity index (χ0n) is 8.87. The van der Waals surface area contributed by atoms with E-state index in [9.17, 15) is 0 Å². The summed E-state index contributed by atoms with van der Waals surface area (Å²) in [5.41, 5.74) is 6.62. The van der Waals surface area contributed by atoms with Crippen molar-refractivity contribution in [1.29, 1.82) is 0 Å². The van der Waals surface area contributed by atoms with E-state index >= 15 is 0 Å². The van der Waals surface area contributed by atoms with Gasteiger partial charge in [-0.15, -0.1) is 0 Å². The summed E-state index contributed by atoms with van der Waals surface area (Å²) in [6.45, 7) is 2.49. The van der Waals surface area contributed by atoms with Gasteiger partial charge >= 0.3 is 0 Å². The van der Waals surface area contributed by atoms with Crippen LogP contribution in [0.25, 0.3) is 0 Å². The third kappa shape index (κ3) is 2.63. The molecule has 1 aliphatic heterocycles. The van der Waals surface area contributed by atoms with Gasteiger partial charge in [0.05, 0.1) is 0 Å². The van der Waals surface area contributed by atoms with Gasteiger partial charge in [0.25, 0.3) is 0 Å². The highest BCUT2D eigenvalue weighted by molar-refractivity contribution is 6.32. The largest absolute Gasteiger partial charge is 0.329 e. The lowest BCUT2D eigenvalue weighted by atomic mass is 10.2. The Bertz CT molecular complexity index is 372. The smallest absolute Gasteiger partial charge is 0.223 e. The van der Waals surface area contributed by atoms with Crippen molar-refractivity contribution in [3.05, 3.63) is 22.2 Å². The topological polar surface area (TPSA) is 55.0 Å². The van der Waals surface area contributed by atoms with Gasteiger partial charge < -0.3 is 5.73 Å². The minimum Gasteiger partial charge on any atom is -0.329 e. The quantitative estimate of drug-likeness (QED) is 0.664. The van der Waals surface area contributed by atoms with E-state index in [1.165, 1.54) is 6.42 Å². The summed E-state index contributed by atoms with van der Waals surface area (Å²) in [5.74, 6) is 0. The zero-order chi connectivity index (χ0) is 11.5. The van der Waals surface area contributed by atoms with E-state index < -0.39 is 0 Å². The van der Waals surface area contributed by atoms with Crippen LogP contribution in [0.4, 0.5) is 0 Å².